The molecule has 0 saturated carbocycles. The maximum absolute atomic E-state index is 5.81. The Hall–Kier alpha value is -1.90. The number of rotatable bonds is 4. The highest BCUT2D eigenvalue weighted by molar-refractivity contribution is 5.72. The lowest BCUT2D eigenvalue weighted by Gasteiger charge is -2.13. The molecule has 0 radical (unpaired) electrons. The Morgan fingerprint density at radius 1 is 1.50 bits per heavy atom. The van der Waals surface area contributed by atoms with E-state index < -0.39 is 0 Å². The molecule has 1 aromatic rings. The zero-order valence-corrected chi connectivity index (χ0v) is 9.10. The Balaban J connectivity index is 2.28. The Morgan fingerprint density at radius 3 is 3.00 bits per heavy atom. The van der Waals surface area contributed by atoms with Crippen molar-refractivity contribution in [2.45, 2.75) is 12.5 Å². The zero-order chi connectivity index (χ0) is 11.4. The number of hydrogen-bond acceptors (Lipinski definition) is 3. The Bertz CT molecular complexity index is 438. The quantitative estimate of drug-likeness (QED) is 0.709. The molecule has 0 saturated heterocycles. The fourth-order valence-corrected chi connectivity index (χ4v) is 1.69. The third kappa shape index (κ3) is 2.03. The van der Waals surface area contributed by atoms with E-state index in [1.54, 1.807) is 6.08 Å². The summed E-state index contributed by atoms with van der Waals surface area (Å²) in [6.07, 6.45) is 4.57. The summed E-state index contributed by atoms with van der Waals surface area (Å²) in [5, 5.41) is 0. The Kier molecular flexibility index (Phi) is 3.15. The summed E-state index contributed by atoms with van der Waals surface area (Å²) in [5.41, 5.74) is 1.68. The van der Waals surface area contributed by atoms with Crippen molar-refractivity contribution in [3.05, 3.63) is 30.3 Å². The van der Waals surface area contributed by atoms with Crippen molar-refractivity contribution in [1.82, 2.24) is 0 Å². The summed E-state index contributed by atoms with van der Waals surface area (Å²) in [5.74, 6) is 0.741. The molecule has 2 rings (SSSR count). The molecule has 3 heteroatoms. The number of nitrogens with zero attached hydrogens (tertiary/aromatic N) is 2. The predicted molar refractivity (Wildman–Crippen MR) is 68.1 cm³/mol. The molecule has 0 aliphatic carbocycles. The first kappa shape index (κ1) is 10.6. The molecule has 82 valence electrons. The van der Waals surface area contributed by atoms with Crippen LogP contribution in [0.1, 0.15) is 12.0 Å². The minimum Gasteiger partial charge on any atom is -0.482 e. The highest BCUT2D eigenvalue weighted by Crippen LogP contribution is 2.32. The molecule has 1 heterocycles. The summed E-state index contributed by atoms with van der Waals surface area (Å²) in [6, 6.07) is 5.75. The van der Waals surface area contributed by atoms with Crippen LogP contribution in [0.25, 0.3) is 6.08 Å². The number of ether oxygens (including phenoxy) is 1. The molecule has 1 atom stereocenters. The molecular formula is C13H14N2O. The average molecular weight is 214 g/mol. The Labute approximate surface area is 95.2 Å². The van der Waals surface area contributed by atoms with E-state index in [0.717, 1.165) is 30.0 Å². The van der Waals surface area contributed by atoms with E-state index in [9.17, 15) is 0 Å². The standard InChI is InChI=1S/C13H14N2O/c1-3-10-5-4-6-12(13(10)14-2)16-11-7-8-15-9-11/h3-6,9,11H,1-2,7-8H2. The fraction of sp³-hybridized carbons (Fsp3) is 0.231. The zero-order valence-electron chi connectivity index (χ0n) is 9.10. The first-order valence-electron chi connectivity index (χ1n) is 5.24. The fourth-order valence-electron chi connectivity index (χ4n) is 1.69. The largest absolute Gasteiger partial charge is 0.482 e. The third-order valence-electron chi connectivity index (χ3n) is 2.50. The van der Waals surface area contributed by atoms with Crippen molar-refractivity contribution in [3.8, 4) is 5.75 Å². The van der Waals surface area contributed by atoms with E-state index in [1.807, 2.05) is 24.4 Å². The monoisotopic (exact) mass is 214 g/mol. The van der Waals surface area contributed by atoms with Gasteiger partial charge in [-0.2, -0.15) is 0 Å². The van der Waals surface area contributed by atoms with E-state index >= 15 is 0 Å². The van der Waals surface area contributed by atoms with Gasteiger partial charge in [0.15, 0.2) is 0 Å². The van der Waals surface area contributed by atoms with Crippen molar-refractivity contribution in [1.29, 1.82) is 0 Å². The number of para-hydroxylation sites is 1. The van der Waals surface area contributed by atoms with E-state index in [4.69, 9.17) is 4.74 Å². The van der Waals surface area contributed by atoms with Gasteiger partial charge in [0.25, 0.3) is 0 Å². The van der Waals surface area contributed by atoms with Crippen LogP contribution in [0.15, 0.2) is 34.8 Å². The van der Waals surface area contributed by atoms with E-state index in [2.05, 4.69) is 23.3 Å². The van der Waals surface area contributed by atoms with Gasteiger partial charge in [0, 0.05) is 24.7 Å². The maximum atomic E-state index is 5.81. The second kappa shape index (κ2) is 4.75. The molecule has 0 spiro atoms. The van der Waals surface area contributed by atoms with Gasteiger partial charge in [-0.15, -0.1) is 0 Å². The van der Waals surface area contributed by atoms with Gasteiger partial charge in [0.1, 0.15) is 17.5 Å². The molecule has 0 bridgehead atoms. The molecular weight excluding hydrogens is 200 g/mol. The molecule has 16 heavy (non-hydrogen) atoms. The molecule has 3 nitrogen and oxygen atoms in total. The normalized spacial score (nSPS) is 18.4. The smallest absolute Gasteiger partial charge is 0.146 e. The highest BCUT2D eigenvalue weighted by Gasteiger charge is 2.14. The SMILES string of the molecule is C=Cc1cccc(OC2C=NCC2)c1N=C. The number of hydrogen-bond donors (Lipinski definition) is 0. The van der Waals surface area contributed by atoms with E-state index in [1.165, 1.54) is 0 Å². The topological polar surface area (TPSA) is 34.0 Å². The average Bonchev–Trinajstić information content (AvgIpc) is 2.81. The van der Waals surface area contributed by atoms with Crippen molar-refractivity contribution >= 4 is 24.7 Å². The summed E-state index contributed by atoms with van der Waals surface area (Å²) < 4.78 is 5.81. The molecule has 1 aromatic carbocycles. The predicted octanol–water partition coefficient (Wildman–Crippen LogP) is 2.88. The second-order valence-electron chi connectivity index (χ2n) is 3.56. The molecule has 1 aliphatic rings. The van der Waals surface area contributed by atoms with Crippen molar-refractivity contribution < 1.29 is 4.74 Å². The molecule has 0 amide bonds. The highest BCUT2D eigenvalue weighted by atomic mass is 16.5. The number of aliphatic imine (C=N–C) groups is 2. The van der Waals surface area contributed by atoms with Crippen LogP contribution in [0, 0.1) is 0 Å². The van der Waals surface area contributed by atoms with Crippen LogP contribution in [-0.2, 0) is 0 Å². The van der Waals surface area contributed by atoms with Gasteiger partial charge in [0.2, 0.25) is 0 Å². The second-order valence-corrected chi connectivity index (χ2v) is 3.56. The molecule has 0 fully saturated rings. The van der Waals surface area contributed by atoms with Crippen LogP contribution >= 0.6 is 0 Å². The van der Waals surface area contributed by atoms with Crippen LogP contribution < -0.4 is 4.74 Å². The summed E-state index contributed by atoms with van der Waals surface area (Å²) >= 11 is 0. The molecule has 1 unspecified atom stereocenters. The summed E-state index contributed by atoms with van der Waals surface area (Å²) in [7, 11) is 0. The molecule has 0 N–H and O–H groups in total. The summed E-state index contributed by atoms with van der Waals surface area (Å²) in [6.45, 7) is 8.14. The van der Waals surface area contributed by atoms with E-state index in [-0.39, 0.29) is 6.10 Å². The van der Waals surface area contributed by atoms with Crippen LogP contribution in [0.2, 0.25) is 0 Å². The van der Waals surface area contributed by atoms with Gasteiger partial charge in [-0.05, 0) is 12.8 Å². The van der Waals surface area contributed by atoms with Gasteiger partial charge in [-0.1, -0.05) is 24.8 Å². The van der Waals surface area contributed by atoms with Crippen molar-refractivity contribution in [2.75, 3.05) is 6.54 Å². The van der Waals surface area contributed by atoms with Gasteiger partial charge < -0.3 is 4.74 Å². The first-order chi connectivity index (χ1) is 7.85. The van der Waals surface area contributed by atoms with Crippen LogP contribution in [0.3, 0.4) is 0 Å². The van der Waals surface area contributed by atoms with Gasteiger partial charge >= 0.3 is 0 Å². The minimum atomic E-state index is 0.0561. The first-order valence-corrected chi connectivity index (χ1v) is 5.24. The lowest BCUT2D eigenvalue weighted by molar-refractivity contribution is 0.273. The summed E-state index contributed by atoms with van der Waals surface area (Å²) in [4.78, 5) is 8.14. The van der Waals surface area contributed by atoms with Crippen LogP contribution in [0.5, 0.6) is 5.75 Å². The molecule has 1 aliphatic heterocycles. The van der Waals surface area contributed by atoms with Crippen molar-refractivity contribution in [3.63, 3.8) is 0 Å². The van der Waals surface area contributed by atoms with E-state index in [0.29, 0.717) is 0 Å². The lowest BCUT2D eigenvalue weighted by atomic mass is 10.1. The van der Waals surface area contributed by atoms with Crippen molar-refractivity contribution in [2.24, 2.45) is 9.98 Å². The lowest BCUT2D eigenvalue weighted by Crippen LogP contribution is -2.14. The van der Waals surface area contributed by atoms with Gasteiger partial charge in [-0.25, -0.2) is 0 Å². The maximum Gasteiger partial charge on any atom is 0.146 e. The third-order valence-corrected chi connectivity index (χ3v) is 2.50. The van der Waals surface area contributed by atoms with Gasteiger partial charge in [0.05, 0.1) is 0 Å². The van der Waals surface area contributed by atoms with Crippen LogP contribution in [0.4, 0.5) is 5.69 Å². The molecule has 0 aromatic heterocycles. The Morgan fingerprint density at radius 2 is 2.38 bits per heavy atom. The van der Waals surface area contributed by atoms with Gasteiger partial charge in [-0.3, -0.25) is 9.98 Å². The number of benzene rings is 1. The minimum absolute atomic E-state index is 0.0561. The van der Waals surface area contributed by atoms with Crippen LogP contribution in [-0.4, -0.2) is 25.6 Å².